The number of hydrogen-bond donors (Lipinski definition) is 2. The number of thiophene rings is 1. The summed E-state index contributed by atoms with van der Waals surface area (Å²) in [5, 5.41) is 6.54. The van der Waals surface area contributed by atoms with Gasteiger partial charge in [-0.05, 0) is 17.9 Å². The van der Waals surface area contributed by atoms with Gasteiger partial charge in [0.15, 0.2) is 0 Å². The van der Waals surface area contributed by atoms with E-state index in [-0.39, 0.29) is 17.7 Å². The third-order valence-corrected chi connectivity index (χ3v) is 4.49. The van der Waals surface area contributed by atoms with Crippen molar-refractivity contribution in [1.29, 1.82) is 0 Å². The monoisotopic (exact) mass is 318 g/mol. The molecule has 3 heterocycles. The van der Waals surface area contributed by atoms with Crippen molar-refractivity contribution in [2.24, 2.45) is 0 Å². The molecule has 1 atom stereocenters. The number of H-pyrrole nitrogens is 1. The normalized spacial score (nSPS) is 17.7. The zero-order valence-electron chi connectivity index (χ0n) is 12.3. The van der Waals surface area contributed by atoms with Gasteiger partial charge in [-0.25, -0.2) is 4.98 Å². The molecule has 3 rings (SSSR count). The summed E-state index contributed by atoms with van der Waals surface area (Å²) in [6.45, 7) is 3.37. The molecular weight excluding hydrogens is 300 g/mol. The fourth-order valence-electron chi connectivity index (χ4n) is 2.63. The Morgan fingerprint density at radius 1 is 1.55 bits per heavy atom. The van der Waals surface area contributed by atoms with Crippen LogP contribution < -0.4 is 5.32 Å². The van der Waals surface area contributed by atoms with Gasteiger partial charge in [-0.1, -0.05) is 0 Å². The van der Waals surface area contributed by atoms with E-state index in [9.17, 15) is 9.59 Å². The summed E-state index contributed by atoms with van der Waals surface area (Å²) in [5.41, 5.74) is 1.64. The number of amides is 2. The molecule has 22 heavy (non-hydrogen) atoms. The summed E-state index contributed by atoms with van der Waals surface area (Å²) in [5.74, 6) is 1.15. The van der Waals surface area contributed by atoms with Gasteiger partial charge in [0.05, 0.1) is 24.0 Å². The predicted molar refractivity (Wildman–Crippen MR) is 83.7 cm³/mol. The molecule has 0 bridgehead atoms. The lowest BCUT2D eigenvalue weighted by atomic mass is 10.1. The highest BCUT2D eigenvalue weighted by molar-refractivity contribution is 7.08. The Labute approximate surface area is 132 Å². The maximum atomic E-state index is 12.3. The van der Waals surface area contributed by atoms with Crippen molar-refractivity contribution in [2.45, 2.75) is 25.8 Å². The number of hydrogen-bond acceptors (Lipinski definition) is 4. The number of aromatic nitrogens is 2. The third kappa shape index (κ3) is 3.19. The van der Waals surface area contributed by atoms with E-state index in [0.29, 0.717) is 13.1 Å². The third-order valence-electron chi connectivity index (χ3n) is 3.81. The Morgan fingerprint density at radius 3 is 3.14 bits per heavy atom. The maximum Gasteiger partial charge on any atom is 0.254 e. The molecule has 6 nitrogen and oxygen atoms in total. The molecule has 0 aromatic carbocycles. The van der Waals surface area contributed by atoms with Gasteiger partial charge in [0.1, 0.15) is 5.82 Å². The van der Waals surface area contributed by atoms with Crippen molar-refractivity contribution in [3.05, 3.63) is 40.1 Å². The Bertz CT molecular complexity index is 665. The Morgan fingerprint density at radius 2 is 2.41 bits per heavy atom. The van der Waals surface area contributed by atoms with Crippen molar-refractivity contribution >= 4 is 23.2 Å². The van der Waals surface area contributed by atoms with E-state index >= 15 is 0 Å². The molecule has 1 saturated heterocycles. The van der Waals surface area contributed by atoms with Crippen LogP contribution in [0.4, 0.5) is 0 Å². The van der Waals surface area contributed by atoms with Crippen LogP contribution in [-0.4, -0.2) is 39.8 Å². The highest BCUT2D eigenvalue weighted by Crippen LogP contribution is 2.26. The number of nitrogens with one attached hydrogen (secondary N) is 2. The highest BCUT2D eigenvalue weighted by atomic mass is 32.1. The largest absolute Gasteiger partial charge is 0.351 e. The molecule has 2 aromatic rings. The molecule has 1 aliphatic heterocycles. The minimum atomic E-state index is -0.0652. The Hall–Kier alpha value is -2.15. The van der Waals surface area contributed by atoms with Crippen LogP contribution in [0.2, 0.25) is 0 Å². The average Bonchev–Trinajstić information content (AvgIpc) is 3.23. The first-order chi connectivity index (χ1) is 10.6. The number of imidazole rings is 1. The van der Waals surface area contributed by atoms with Crippen molar-refractivity contribution in [3.63, 3.8) is 0 Å². The lowest BCUT2D eigenvalue weighted by Gasteiger charge is -2.15. The molecule has 0 aliphatic carbocycles. The molecule has 2 N–H and O–H groups in total. The Balaban J connectivity index is 1.60. The Kier molecular flexibility index (Phi) is 4.24. The molecule has 1 fully saturated rings. The first-order valence-electron chi connectivity index (χ1n) is 7.23. The van der Waals surface area contributed by atoms with Crippen LogP contribution in [0.3, 0.4) is 0 Å². The molecule has 2 aromatic heterocycles. The van der Waals surface area contributed by atoms with Crippen molar-refractivity contribution in [1.82, 2.24) is 20.2 Å². The van der Waals surface area contributed by atoms with Gasteiger partial charge in [0, 0.05) is 31.3 Å². The minimum Gasteiger partial charge on any atom is -0.351 e. The maximum absolute atomic E-state index is 12.3. The summed E-state index contributed by atoms with van der Waals surface area (Å²) >= 11 is 1.53. The number of rotatable bonds is 4. The zero-order chi connectivity index (χ0) is 15.5. The van der Waals surface area contributed by atoms with Gasteiger partial charge < -0.3 is 15.2 Å². The lowest BCUT2D eigenvalue weighted by molar-refractivity contribution is -0.119. The summed E-state index contributed by atoms with van der Waals surface area (Å²) in [7, 11) is 0. The summed E-state index contributed by atoms with van der Waals surface area (Å²) in [6, 6.07) is 1.86. The van der Waals surface area contributed by atoms with Gasteiger partial charge >= 0.3 is 0 Å². The lowest BCUT2D eigenvalue weighted by Crippen LogP contribution is -2.28. The van der Waals surface area contributed by atoms with E-state index < -0.39 is 0 Å². The van der Waals surface area contributed by atoms with Crippen LogP contribution in [0.5, 0.6) is 0 Å². The van der Waals surface area contributed by atoms with Crippen LogP contribution in [0.25, 0.3) is 0 Å². The molecule has 116 valence electrons. The first-order valence-corrected chi connectivity index (χ1v) is 8.17. The van der Waals surface area contributed by atoms with E-state index in [1.807, 2.05) is 21.7 Å². The number of aromatic amines is 1. The van der Waals surface area contributed by atoms with E-state index in [0.717, 1.165) is 30.0 Å². The van der Waals surface area contributed by atoms with Crippen LogP contribution in [0.1, 0.15) is 41.1 Å². The van der Waals surface area contributed by atoms with Crippen LogP contribution in [-0.2, 0) is 11.3 Å². The molecular formula is C15H18N4O2S. The van der Waals surface area contributed by atoms with Crippen LogP contribution in [0, 0.1) is 0 Å². The van der Waals surface area contributed by atoms with Crippen LogP contribution >= 0.6 is 11.3 Å². The van der Waals surface area contributed by atoms with Gasteiger partial charge in [0.2, 0.25) is 5.91 Å². The SMILES string of the molecule is CC(=O)NCc1cnc([C@H]2CCN(C(=O)c3ccsc3)C2)[nH]1. The molecule has 0 radical (unpaired) electrons. The highest BCUT2D eigenvalue weighted by Gasteiger charge is 2.29. The topological polar surface area (TPSA) is 78.1 Å². The smallest absolute Gasteiger partial charge is 0.254 e. The van der Waals surface area contributed by atoms with E-state index in [1.54, 1.807) is 6.20 Å². The number of carbonyl (C=O) groups is 2. The predicted octanol–water partition coefficient (Wildman–Crippen LogP) is 1.74. The number of nitrogens with zero attached hydrogens (tertiary/aromatic N) is 2. The fourth-order valence-corrected chi connectivity index (χ4v) is 3.26. The van der Waals surface area contributed by atoms with E-state index in [2.05, 4.69) is 15.3 Å². The van der Waals surface area contributed by atoms with E-state index in [1.165, 1.54) is 18.3 Å². The second kappa shape index (κ2) is 6.31. The number of likely N-dealkylation sites (tertiary alicyclic amines) is 1. The van der Waals surface area contributed by atoms with Crippen LogP contribution in [0.15, 0.2) is 23.0 Å². The van der Waals surface area contributed by atoms with Crippen molar-refractivity contribution in [3.8, 4) is 0 Å². The standard InChI is InChI=1S/C15H18N4O2S/c1-10(20)16-6-13-7-17-14(18-13)11-2-4-19(8-11)15(21)12-3-5-22-9-12/h3,5,7,9,11H,2,4,6,8H2,1H3,(H,16,20)(H,17,18)/t11-/m0/s1. The average molecular weight is 318 g/mol. The molecule has 7 heteroatoms. The van der Waals surface area contributed by atoms with Crippen molar-refractivity contribution in [2.75, 3.05) is 13.1 Å². The summed E-state index contributed by atoms with van der Waals surface area (Å²) in [6.07, 6.45) is 2.65. The second-order valence-corrected chi connectivity index (χ2v) is 6.23. The molecule has 1 aliphatic rings. The quantitative estimate of drug-likeness (QED) is 0.901. The molecule has 0 spiro atoms. The summed E-state index contributed by atoms with van der Waals surface area (Å²) < 4.78 is 0. The number of carbonyl (C=O) groups excluding carboxylic acids is 2. The molecule has 2 amide bonds. The van der Waals surface area contributed by atoms with E-state index in [4.69, 9.17) is 0 Å². The van der Waals surface area contributed by atoms with Gasteiger partial charge in [0.25, 0.3) is 5.91 Å². The molecule has 0 unspecified atom stereocenters. The summed E-state index contributed by atoms with van der Waals surface area (Å²) in [4.78, 5) is 32.8. The first kappa shape index (κ1) is 14.8. The van der Waals surface area contributed by atoms with Gasteiger partial charge in [-0.15, -0.1) is 0 Å². The fraction of sp³-hybridized carbons (Fsp3) is 0.400. The molecule has 0 saturated carbocycles. The second-order valence-electron chi connectivity index (χ2n) is 5.45. The minimum absolute atomic E-state index is 0.0652. The van der Waals surface area contributed by atoms with Gasteiger partial charge in [-0.3, -0.25) is 9.59 Å². The van der Waals surface area contributed by atoms with Crippen molar-refractivity contribution < 1.29 is 9.59 Å². The zero-order valence-corrected chi connectivity index (χ0v) is 13.2. The van der Waals surface area contributed by atoms with Gasteiger partial charge in [-0.2, -0.15) is 11.3 Å².